The van der Waals surface area contributed by atoms with Crippen molar-refractivity contribution in [2.75, 3.05) is 6.54 Å². The van der Waals surface area contributed by atoms with E-state index >= 15 is 0 Å². The highest BCUT2D eigenvalue weighted by molar-refractivity contribution is 5.72. The van der Waals surface area contributed by atoms with E-state index in [9.17, 15) is 4.79 Å². The van der Waals surface area contributed by atoms with E-state index in [0.717, 1.165) is 6.42 Å². The summed E-state index contributed by atoms with van der Waals surface area (Å²) < 4.78 is 0. The Labute approximate surface area is 110 Å². The Bertz CT molecular complexity index is 446. The van der Waals surface area contributed by atoms with Crippen LogP contribution in [0.3, 0.4) is 0 Å². The maximum Gasteiger partial charge on any atom is 0.216 e. The Morgan fingerprint density at radius 1 is 1.17 bits per heavy atom. The summed E-state index contributed by atoms with van der Waals surface area (Å²) in [6, 6.07) is 2.24. The lowest BCUT2D eigenvalue weighted by Crippen LogP contribution is -2.20. The second-order valence-corrected chi connectivity index (χ2v) is 4.85. The van der Waals surface area contributed by atoms with Gasteiger partial charge in [-0.15, -0.1) is 0 Å². The van der Waals surface area contributed by atoms with E-state index < -0.39 is 0 Å². The summed E-state index contributed by atoms with van der Waals surface area (Å²) in [6.45, 7) is 10.9. The number of hydrogen-bond donors (Lipinski definition) is 1. The molecule has 2 nitrogen and oxygen atoms in total. The highest BCUT2D eigenvalue weighted by atomic mass is 16.1. The molecule has 0 spiro atoms. The van der Waals surface area contributed by atoms with E-state index in [2.05, 4.69) is 51.2 Å². The predicted octanol–water partition coefficient (Wildman–Crippen LogP) is 3.46. The first-order valence-electron chi connectivity index (χ1n) is 6.42. The molecule has 0 unspecified atom stereocenters. The molecule has 0 aliphatic rings. The highest BCUT2D eigenvalue weighted by Gasteiger charge is 2.05. The zero-order chi connectivity index (χ0) is 13.7. The molecule has 1 amide bonds. The average Bonchev–Trinajstić information content (AvgIpc) is 2.30. The minimum absolute atomic E-state index is 0.0298. The Morgan fingerprint density at radius 2 is 1.72 bits per heavy atom. The van der Waals surface area contributed by atoms with Gasteiger partial charge in [-0.25, -0.2) is 0 Å². The molecule has 1 aromatic carbocycles. The summed E-state index contributed by atoms with van der Waals surface area (Å²) in [7, 11) is 0. The van der Waals surface area contributed by atoms with E-state index in [1.807, 2.05) is 0 Å². The van der Waals surface area contributed by atoms with Crippen LogP contribution in [0.4, 0.5) is 0 Å². The molecular weight excluding hydrogens is 222 g/mol. The second kappa shape index (κ2) is 6.39. The summed E-state index contributed by atoms with van der Waals surface area (Å²) in [5.74, 6) is 0.0298. The zero-order valence-corrected chi connectivity index (χ0v) is 12.1. The molecule has 0 saturated carbocycles. The molecule has 0 heterocycles. The van der Waals surface area contributed by atoms with Crippen molar-refractivity contribution < 1.29 is 4.79 Å². The molecule has 98 valence electrons. The summed E-state index contributed by atoms with van der Waals surface area (Å²) in [6.07, 6.45) is 5.17. The summed E-state index contributed by atoms with van der Waals surface area (Å²) >= 11 is 0. The highest BCUT2D eigenvalue weighted by Crippen LogP contribution is 2.22. The normalized spacial score (nSPS) is 10.9. The third kappa shape index (κ3) is 3.73. The Kier molecular flexibility index (Phi) is 5.14. The van der Waals surface area contributed by atoms with Gasteiger partial charge in [-0.2, -0.15) is 0 Å². The van der Waals surface area contributed by atoms with Crippen molar-refractivity contribution in [3.63, 3.8) is 0 Å². The van der Waals surface area contributed by atoms with Crippen LogP contribution in [-0.2, 0) is 4.79 Å². The van der Waals surface area contributed by atoms with Gasteiger partial charge in [0.05, 0.1) is 0 Å². The van der Waals surface area contributed by atoms with Crippen molar-refractivity contribution in [3.8, 4) is 0 Å². The van der Waals surface area contributed by atoms with Crippen LogP contribution in [-0.4, -0.2) is 12.5 Å². The molecule has 1 N–H and O–H groups in total. The Balaban J connectivity index is 2.78. The summed E-state index contributed by atoms with van der Waals surface area (Å²) in [5.41, 5.74) is 6.66. The molecule has 0 aromatic heterocycles. The fourth-order valence-electron chi connectivity index (χ4n) is 2.03. The van der Waals surface area contributed by atoms with Gasteiger partial charge >= 0.3 is 0 Å². The molecule has 18 heavy (non-hydrogen) atoms. The number of amides is 1. The lowest BCUT2D eigenvalue weighted by atomic mass is 9.94. The van der Waals surface area contributed by atoms with Crippen molar-refractivity contribution in [1.82, 2.24) is 5.32 Å². The molecule has 0 aliphatic carbocycles. The minimum Gasteiger partial charge on any atom is -0.356 e. The van der Waals surface area contributed by atoms with Crippen LogP contribution in [0.2, 0.25) is 0 Å². The van der Waals surface area contributed by atoms with Crippen LogP contribution in [0.1, 0.15) is 41.2 Å². The van der Waals surface area contributed by atoms with Gasteiger partial charge in [0.15, 0.2) is 0 Å². The molecule has 0 aliphatic heterocycles. The van der Waals surface area contributed by atoms with E-state index in [0.29, 0.717) is 6.54 Å². The predicted molar refractivity (Wildman–Crippen MR) is 77.7 cm³/mol. The molecule has 0 radical (unpaired) electrons. The van der Waals surface area contributed by atoms with Gasteiger partial charge in [0, 0.05) is 13.5 Å². The van der Waals surface area contributed by atoms with Crippen molar-refractivity contribution in [1.29, 1.82) is 0 Å². The van der Waals surface area contributed by atoms with Crippen LogP contribution in [0.25, 0.3) is 6.08 Å². The number of carbonyl (C=O) groups excluding carboxylic acids is 1. The fraction of sp³-hybridized carbons (Fsp3) is 0.438. The standard InChI is InChI=1S/C16H23NO/c1-11-10-12(2)14(4)16(13(11)3)8-6-7-9-17-15(5)18/h6,8,10H,7,9H2,1-5H3,(H,17,18). The topological polar surface area (TPSA) is 29.1 Å². The molecule has 1 rings (SSSR count). The summed E-state index contributed by atoms with van der Waals surface area (Å²) in [4.78, 5) is 10.7. The van der Waals surface area contributed by atoms with E-state index in [-0.39, 0.29) is 5.91 Å². The zero-order valence-electron chi connectivity index (χ0n) is 12.1. The number of aryl methyl sites for hydroxylation is 2. The lowest BCUT2D eigenvalue weighted by molar-refractivity contribution is -0.118. The SMILES string of the molecule is CC(=O)NCCC=Cc1c(C)c(C)cc(C)c1C. The van der Waals surface area contributed by atoms with Crippen LogP contribution in [0.15, 0.2) is 12.1 Å². The number of nitrogens with one attached hydrogen (secondary N) is 1. The van der Waals surface area contributed by atoms with Gasteiger partial charge in [-0.3, -0.25) is 4.79 Å². The van der Waals surface area contributed by atoms with E-state index in [4.69, 9.17) is 0 Å². The quantitative estimate of drug-likeness (QED) is 0.809. The lowest BCUT2D eigenvalue weighted by Gasteiger charge is -2.12. The van der Waals surface area contributed by atoms with Gasteiger partial charge in [0.2, 0.25) is 5.91 Å². The molecule has 0 bridgehead atoms. The van der Waals surface area contributed by atoms with E-state index in [1.54, 1.807) is 6.92 Å². The molecule has 1 aromatic rings. The van der Waals surface area contributed by atoms with Crippen molar-refractivity contribution in [2.45, 2.75) is 41.0 Å². The molecule has 2 heteroatoms. The van der Waals surface area contributed by atoms with Crippen LogP contribution < -0.4 is 5.32 Å². The largest absolute Gasteiger partial charge is 0.356 e. The molecule has 0 atom stereocenters. The Morgan fingerprint density at radius 3 is 2.22 bits per heavy atom. The van der Waals surface area contributed by atoms with E-state index in [1.165, 1.54) is 27.8 Å². The number of carbonyl (C=O) groups is 1. The van der Waals surface area contributed by atoms with Gasteiger partial charge in [-0.1, -0.05) is 18.2 Å². The van der Waals surface area contributed by atoms with Crippen molar-refractivity contribution >= 4 is 12.0 Å². The maximum absolute atomic E-state index is 10.7. The monoisotopic (exact) mass is 245 g/mol. The molecule has 0 saturated heterocycles. The van der Waals surface area contributed by atoms with Gasteiger partial charge < -0.3 is 5.32 Å². The number of rotatable bonds is 4. The van der Waals surface area contributed by atoms with Crippen molar-refractivity contribution in [3.05, 3.63) is 40.0 Å². The minimum atomic E-state index is 0.0298. The Hall–Kier alpha value is -1.57. The van der Waals surface area contributed by atoms with Gasteiger partial charge in [0.1, 0.15) is 0 Å². The van der Waals surface area contributed by atoms with Gasteiger partial charge in [0.25, 0.3) is 0 Å². The van der Waals surface area contributed by atoms with Crippen LogP contribution >= 0.6 is 0 Å². The third-order valence-electron chi connectivity index (χ3n) is 3.39. The first-order chi connectivity index (χ1) is 8.43. The molecule has 0 fully saturated rings. The average molecular weight is 245 g/mol. The molecular formula is C16H23NO. The van der Waals surface area contributed by atoms with Crippen molar-refractivity contribution in [2.24, 2.45) is 0 Å². The fourth-order valence-corrected chi connectivity index (χ4v) is 2.03. The van der Waals surface area contributed by atoms with Crippen LogP contribution in [0, 0.1) is 27.7 Å². The first kappa shape index (κ1) is 14.5. The van der Waals surface area contributed by atoms with Gasteiger partial charge in [-0.05, 0) is 61.9 Å². The number of benzene rings is 1. The summed E-state index contributed by atoms with van der Waals surface area (Å²) in [5, 5.41) is 2.79. The second-order valence-electron chi connectivity index (χ2n) is 4.85. The first-order valence-corrected chi connectivity index (χ1v) is 6.42. The maximum atomic E-state index is 10.7. The number of hydrogen-bond acceptors (Lipinski definition) is 1. The smallest absolute Gasteiger partial charge is 0.216 e. The third-order valence-corrected chi connectivity index (χ3v) is 3.39. The van der Waals surface area contributed by atoms with Crippen LogP contribution in [0.5, 0.6) is 0 Å².